The van der Waals surface area contributed by atoms with Crippen LogP contribution in [0, 0.1) is 29.1 Å². The van der Waals surface area contributed by atoms with Crippen molar-refractivity contribution < 1.29 is 9.90 Å². The van der Waals surface area contributed by atoms with Crippen LogP contribution in [0.25, 0.3) is 0 Å². The van der Waals surface area contributed by atoms with Crippen molar-refractivity contribution in [1.29, 1.82) is 0 Å². The predicted molar refractivity (Wildman–Crippen MR) is 119 cm³/mol. The number of carbonyl (C=O) groups is 1. The van der Waals surface area contributed by atoms with Gasteiger partial charge in [-0.15, -0.1) is 0 Å². The van der Waals surface area contributed by atoms with Gasteiger partial charge in [0.25, 0.3) is 0 Å². The third-order valence-electron chi connectivity index (χ3n) is 8.80. The number of aliphatic hydroxyl groups excluding tert-OH is 1. The summed E-state index contributed by atoms with van der Waals surface area (Å²) in [5.41, 5.74) is 4.10. The highest BCUT2D eigenvalue weighted by atomic mass is 16.3. The summed E-state index contributed by atoms with van der Waals surface area (Å²) < 4.78 is 0. The zero-order chi connectivity index (χ0) is 20.9. The molecule has 1 amide bonds. The van der Waals surface area contributed by atoms with Crippen LogP contribution in [0.4, 0.5) is 0 Å². The molecule has 1 unspecified atom stereocenters. The number of benzene rings is 1. The lowest BCUT2D eigenvalue weighted by atomic mass is 9.49. The first kappa shape index (κ1) is 20.3. The SMILES string of the molecule is CC1(C)[C@H]2CC=C(CN3C[C@H]4CC[C@@H](C3)C4NC(=O)Cc3ccc(CO)cc3)[C@@H]1C2. The van der Waals surface area contributed by atoms with E-state index in [1.54, 1.807) is 5.57 Å². The van der Waals surface area contributed by atoms with Gasteiger partial charge in [0.1, 0.15) is 0 Å². The van der Waals surface area contributed by atoms with Crippen LogP contribution in [-0.4, -0.2) is 41.6 Å². The van der Waals surface area contributed by atoms with Crippen molar-refractivity contribution in [2.75, 3.05) is 19.6 Å². The number of carbonyl (C=O) groups excluding carboxylic acids is 1. The average molecular weight is 409 g/mol. The van der Waals surface area contributed by atoms with Gasteiger partial charge in [0, 0.05) is 25.7 Å². The molecule has 4 aliphatic carbocycles. The number of nitrogens with one attached hydrogen (secondary N) is 1. The van der Waals surface area contributed by atoms with Crippen molar-refractivity contribution >= 4 is 5.91 Å². The van der Waals surface area contributed by atoms with Gasteiger partial charge < -0.3 is 10.4 Å². The number of nitrogens with zero attached hydrogens (tertiary/aromatic N) is 1. The Morgan fingerprint density at radius 2 is 1.80 bits per heavy atom. The second-order valence-electron chi connectivity index (χ2n) is 10.9. The molecular weight excluding hydrogens is 372 g/mol. The zero-order valence-corrected chi connectivity index (χ0v) is 18.4. The summed E-state index contributed by atoms with van der Waals surface area (Å²) >= 11 is 0. The first-order valence-electron chi connectivity index (χ1n) is 11.8. The van der Waals surface area contributed by atoms with Crippen molar-refractivity contribution in [3.8, 4) is 0 Å². The Morgan fingerprint density at radius 1 is 1.13 bits per heavy atom. The lowest BCUT2D eigenvalue weighted by Crippen LogP contribution is -2.55. The summed E-state index contributed by atoms with van der Waals surface area (Å²) in [6, 6.07) is 8.04. The minimum absolute atomic E-state index is 0.0458. The number of rotatable bonds is 6. The first-order chi connectivity index (χ1) is 14.4. The van der Waals surface area contributed by atoms with Crippen LogP contribution in [-0.2, 0) is 17.8 Å². The van der Waals surface area contributed by atoms with E-state index in [4.69, 9.17) is 0 Å². The fourth-order valence-electron chi connectivity index (χ4n) is 6.78. The van der Waals surface area contributed by atoms with Crippen molar-refractivity contribution in [3.05, 3.63) is 47.0 Å². The third-order valence-corrected chi connectivity index (χ3v) is 8.80. The molecule has 6 rings (SSSR count). The maximum Gasteiger partial charge on any atom is 0.224 e. The third kappa shape index (κ3) is 3.62. The molecule has 4 bridgehead atoms. The van der Waals surface area contributed by atoms with Gasteiger partial charge in [-0.25, -0.2) is 0 Å². The molecule has 30 heavy (non-hydrogen) atoms. The minimum atomic E-state index is 0.0458. The number of piperidine rings is 1. The van der Waals surface area contributed by atoms with Gasteiger partial charge in [0.05, 0.1) is 13.0 Å². The molecule has 1 aromatic rings. The van der Waals surface area contributed by atoms with Crippen molar-refractivity contribution in [3.63, 3.8) is 0 Å². The number of allylic oxidation sites excluding steroid dienone is 1. The summed E-state index contributed by atoms with van der Waals surface area (Å²) in [5.74, 6) is 3.03. The average Bonchev–Trinajstić information content (AvgIpc) is 2.96. The number of amides is 1. The number of aliphatic hydroxyl groups is 1. The van der Waals surface area contributed by atoms with E-state index >= 15 is 0 Å². The van der Waals surface area contributed by atoms with E-state index in [9.17, 15) is 9.90 Å². The Labute approximate surface area is 180 Å². The lowest BCUT2D eigenvalue weighted by molar-refractivity contribution is -0.122. The van der Waals surface area contributed by atoms with E-state index in [0.29, 0.717) is 29.7 Å². The molecule has 1 aliphatic heterocycles. The van der Waals surface area contributed by atoms with Crippen LogP contribution in [0.2, 0.25) is 0 Å². The first-order valence-corrected chi connectivity index (χ1v) is 11.8. The Hall–Kier alpha value is -1.65. The predicted octanol–water partition coefficient (Wildman–Crippen LogP) is 3.54. The highest BCUT2D eigenvalue weighted by molar-refractivity contribution is 5.79. The van der Waals surface area contributed by atoms with E-state index in [1.807, 2.05) is 24.3 Å². The molecule has 2 saturated carbocycles. The summed E-state index contributed by atoms with van der Waals surface area (Å²) in [7, 11) is 0. The molecule has 3 fully saturated rings. The maximum atomic E-state index is 12.7. The summed E-state index contributed by atoms with van der Waals surface area (Å²) in [4.78, 5) is 15.4. The fourth-order valence-corrected chi connectivity index (χ4v) is 6.78. The largest absolute Gasteiger partial charge is 0.392 e. The molecule has 0 aromatic heterocycles. The molecule has 4 heteroatoms. The molecule has 2 N–H and O–H groups in total. The van der Waals surface area contributed by atoms with Crippen LogP contribution in [0.5, 0.6) is 0 Å². The molecule has 162 valence electrons. The summed E-state index contributed by atoms with van der Waals surface area (Å²) in [6.45, 7) is 8.36. The fraction of sp³-hybridized carbons (Fsp3) is 0.654. The highest BCUT2D eigenvalue weighted by Gasteiger charge is 2.51. The molecule has 1 aromatic carbocycles. The number of fused-ring (bicyclic) bond motifs is 3. The molecule has 5 atom stereocenters. The number of likely N-dealkylation sites (tertiary alicyclic amines) is 1. The van der Waals surface area contributed by atoms with Crippen molar-refractivity contribution in [2.45, 2.75) is 58.6 Å². The van der Waals surface area contributed by atoms with Gasteiger partial charge in [0.2, 0.25) is 5.91 Å². The van der Waals surface area contributed by atoms with Gasteiger partial charge in [0.15, 0.2) is 0 Å². The molecule has 0 radical (unpaired) electrons. The normalized spacial score (nSPS) is 34.2. The quantitative estimate of drug-likeness (QED) is 0.708. The van der Waals surface area contributed by atoms with Gasteiger partial charge in [-0.05, 0) is 65.9 Å². The van der Waals surface area contributed by atoms with Crippen LogP contribution in [0.1, 0.15) is 50.7 Å². The maximum absolute atomic E-state index is 12.7. The van der Waals surface area contributed by atoms with Gasteiger partial charge in [-0.1, -0.05) is 49.8 Å². The molecule has 4 nitrogen and oxygen atoms in total. The Balaban J connectivity index is 1.16. The molecule has 1 saturated heterocycles. The smallest absolute Gasteiger partial charge is 0.224 e. The van der Waals surface area contributed by atoms with E-state index in [1.165, 1.54) is 25.7 Å². The van der Waals surface area contributed by atoms with Crippen LogP contribution in [0.15, 0.2) is 35.9 Å². The Bertz CT molecular complexity index is 814. The Kier molecular flexibility index (Phi) is 5.27. The van der Waals surface area contributed by atoms with Crippen molar-refractivity contribution in [1.82, 2.24) is 10.2 Å². The van der Waals surface area contributed by atoms with E-state index in [0.717, 1.165) is 42.6 Å². The summed E-state index contributed by atoms with van der Waals surface area (Å²) in [6.07, 6.45) is 8.13. The van der Waals surface area contributed by atoms with Crippen molar-refractivity contribution in [2.24, 2.45) is 29.1 Å². The molecule has 0 spiro atoms. The van der Waals surface area contributed by atoms with Crippen LogP contribution in [0.3, 0.4) is 0 Å². The number of hydrogen-bond donors (Lipinski definition) is 2. The van der Waals surface area contributed by atoms with E-state index < -0.39 is 0 Å². The second kappa shape index (κ2) is 7.80. The minimum Gasteiger partial charge on any atom is -0.392 e. The van der Waals surface area contributed by atoms with Gasteiger partial charge in [-0.3, -0.25) is 9.69 Å². The Morgan fingerprint density at radius 3 is 2.40 bits per heavy atom. The molecular formula is C26H36N2O2. The van der Waals surface area contributed by atoms with Gasteiger partial charge in [-0.2, -0.15) is 0 Å². The summed E-state index contributed by atoms with van der Waals surface area (Å²) in [5, 5.41) is 12.6. The topological polar surface area (TPSA) is 52.6 Å². The lowest BCUT2D eigenvalue weighted by Gasteiger charge is -2.57. The van der Waals surface area contributed by atoms with Crippen LogP contribution < -0.4 is 5.32 Å². The zero-order valence-electron chi connectivity index (χ0n) is 18.4. The second-order valence-corrected chi connectivity index (χ2v) is 10.9. The standard InChI is InChI=1S/C26H36N2O2/c1-26(2)22-10-9-19(23(26)12-22)13-28-14-20-7-8-21(15-28)25(20)27-24(30)11-17-3-5-18(16-29)6-4-17/h3-6,9,20-23,25,29H,7-8,10-16H2,1-2H3,(H,27,30)/t20-,21+,22-,23-,25?/m0/s1. The van der Waals surface area contributed by atoms with E-state index in [-0.39, 0.29) is 12.5 Å². The highest BCUT2D eigenvalue weighted by Crippen LogP contribution is 2.59. The van der Waals surface area contributed by atoms with Gasteiger partial charge >= 0.3 is 0 Å². The van der Waals surface area contributed by atoms with E-state index in [2.05, 4.69) is 30.1 Å². The molecule has 1 heterocycles. The monoisotopic (exact) mass is 408 g/mol. The number of hydrogen-bond acceptors (Lipinski definition) is 3. The van der Waals surface area contributed by atoms with Crippen LogP contribution >= 0.6 is 0 Å². The molecule has 5 aliphatic rings.